The molecule has 0 aliphatic heterocycles. The summed E-state index contributed by atoms with van der Waals surface area (Å²) in [5.41, 5.74) is 6.94. The van der Waals surface area contributed by atoms with Gasteiger partial charge >= 0.3 is 0 Å². The van der Waals surface area contributed by atoms with Gasteiger partial charge in [0.2, 0.25) is 0 Å². The van der Waals surface area contributed by atoms with Crippen molar-refractivity contribution in [3.8, 4) is 11.4 Å². The molecule has 108 valence electrons. The molecule has 1 unspecified atom stereocenters. The van der Waals surface area contributed by atoms with Crippen molar-refractivity contribution in [3.05, 3.63) is 72.0 Å². The highest BCUT2D eigenvalue weighted by Gasteiger charge is 2.25. The van der Waals surface area contributed by atoms with Gasteiger partial charge in [0.25, 0.3) is 0 Å². The van der Waals surface area contributed by atoms with Gasteiger partial charge in [-0.15, -0.1) is 0 Å². The number of aromatic amines is 1. The van der Waals surface area contributed by atoms with Gasteiger partial charge in [-0.25, -0.2) is 0 Å². The molecule has 2 heteroatoms. The molecule has 1 aromatic carbocycles. The lowest BCUT2D eigenvalue weighted by atomic mass is 9.93. The molecule has 0 saturated carbocycles. The van der Waals surface area contributed by atoms with Crippen LogP contribution >= 0.6 is 0 Å². The van der Waals surface area contributed by atoms with Gasteiger partial charge in [0, 0.05) is 17.1 Å². The van der Waals surface area contributed by atoms with Gasteiger partial charge < -0.3 is 9.55 Å². The molecule has 0 spiro atoms. The zero-order chi connectivity index (χ0) is 14.5. The minimum absolute atomic E-state index is 0.436. The van der Waals surface area contributed by atoms with E-state index in [1.165, 1.54) is 33.4 Å². The molecular formula is C20H18N2. The fourth-order valence-electron chi connectivity index (χ4n) is 3.95. The molecule has 0 saturated heterocycles. The lowest BCUT2D eigenvalue weighted by Crippen LogP contribution is -2.11. The Morgan fingerprint density at radius 1 is 1.05 bits per heavy atom. The largest absolute Gasteiger partial charge is 0.353 e. The van der Waals surface area contributed by atoms with Crippen molar-refractivity contribution in [3.63, 3.8) is 0 Å². The Morgan fingerprint density at radius 2 is 2.00 bits per heavy atom. The normalized spacial score (nSPS) is 19.4. The van der Waals surface area contributed by atoms with E-state index in [1.54, 1.807) is 0 Å². The van der Waals surface area contributed by atoms with Crippen LogP contribution in [0.5, 0.6) is 0 Å². The Balaban J connectivity index is 1.74. The molecule has 2 aliphatic rings. The SMILES string of the molecule is C1=CCC(n2ccc3c2-c2[nH]c4ccccc4c2CC3)C=C1. The van der Waals surface area contributed by atoms with Gasteiger partial charge in [0.15, 0.2) is 0 Å². The Morgan fingerprint density at radius 3 is 2.91 bits per heavy atom. The lowest BCUT2D eigenvalue weighted by Gasteiger charge is -2.22. The van der Waals surface area contributed by atoms with Crippen LogP contribution in [-0.4, -0.2) is 9.55 Å². The van der Waals surface area contributed by atoms with Crippen molar-refractivity contribution in [2.24, 2.45) is 0 Å². The molecule has 0 amide bonds. The zero-order valence-corrected chi connectivity index (χ0v) is 12.4. The summed E-state index contributed by atoms with van der Waals surface area (Å²) in [4.78, 5) is 3.67. The highest BCUT2D eigenvalue weighted by Crippen LogP contribution is 2.40. The summed E-state index contributed by atoms with van der Waals surface area (Å²) in [6.07, 6.45) is 14.5. The number of hydrogen-bond acceptors (Lipinski definition) is 0. The van der Waals surface area contributed by atoms with Crippen LogP contribution in [0.25, 0.3) is 22.3 Å². The van der Waals surface area contributed by atoms with Crippen LogP contribution in [0, 0.1) is 0 Å². The summed E-state index contributed by atoms with van der Waals surface area (Å²) in [5, 5.41) is 1.38. The molecular weight excluding hydrogens is 268 g/mol. The molecule has 2 aliphatic carbocycles. The molecule has 0 radical (unpaired) electrons. The van der Waals surface area contributed by atoms with E-state index in [9.17, 15) is 0 Å². The third-order valence-electron chi connectivity index (χ3n) is 5.01. The first-order valence-corrected chi connectivity index (χ1v) is 8.05. The minimum atomic E-state index is 0.436. The maximum absolute atomic E-state index is 3.67. The van der Waals surface area contributed by atoms with E-state index in [-0.39, 0.29) is 0 Å². The number of fused-ring (bicyclic) bond motifs is 5. The fourth-order valence-corrected chi connectivity index (χ4v) is 3.95. The highest BCUT2D eigenvalue weighted by atomic mass is 15.0. The van der Waals surface area contributed by atoms with E-state index in [1.807, 2.05) is 0 Å². The van der Waals surface area contributed by atoms with E-state index in [0.29, 0.717) is 6.04 Å². The summed E-state index contributed by atoms with van der Waals surface area (Å²) in [6.45, 7) is 0. The molecule has 0 fully saturated rings. The molecule has 3 aromatic rings. The number of aryl methyl sites for hydroxylation is 2. The summed E-state index contributed by atoms with van der Waals surface area (Å²) in [7, 11) is 0. The predicted molar refractivity (Wildman–Crippen MR) is 91.1 cm³/mol. The first-order valence-electron chi connectivity index (χ1n) is 8.05. The van der Waals surface area contributed by atoms with Crippen LogP contribution in [0.4, 0.5) is 0 Å². The quantitative estimate of drug-likeness (QED) is 0.664. The molecule has 1 atom stereocenters. The Bertz CT molecular complexity index is 920. The average Bonchev–Trinajstić information content (AvgIpc) is 3.16. The second kappa shape index (κ2) is 4.51. The molecule has 2 aromatic heterocycles. The number of hydrogen-bond donors (Lipinski definition) is 1. The zero-order valence-electron chi connectivity index (χ0n) is 12.4. The maximum Gasteiger partial charge on any atom is 0.0687 e. The lowest BCUT2D eigenvalue weighted by molar-refractivity contribution is 0.613. The van der Waals surface area contributed by atoms with E-state index in [0.717, 1.165) is 19.3 Å². The number of H-pyrrole nitrogens is 1. The Labute approximate surface area is 129 Å². The first-order chi connectivity index (χ1) is 10.9. The second-order valence-corrected chi connectivity index (χ2v) is 6.24. The van der Waals surface area contributed by atoms with Crippen molar-refractivity contribution < 1.29 is 0 Å². The molecule has 1 N–H and O–H groups in total. The monoisotopic (exact) mass is 286 g/mol. The highest BCUT2D eigenvalue weighted by molar-refractivity contribution is 5.91. The average molecular weight is 286 g/mol. The number of benzene rings is 1. The summed E-state index contributed by atoms with van der Waals surface area (Å²) >= 11 is 0. The van der Waals surface area contributed by atoms with E-state index in [2.05, 4.69) is 70.4 Å². The summed E-state index contributed by atoms with van der Waals surface area (Å²) < 4.78 is 2.45. The van der Waals surface area contributed by atoms with Crippen LogP contribution in [-0.2, 0) is 12.8 Å². The Hall–Kier alpha value is -2.48. The summed E-state index contributed by atoms with van der Waals surface area (Å²) in [5.74, 6) is 0. The number of aromatic nitrogens is 2. The van der Waals surface area contributed by atoms with Crippen molar-refractivity contribution in [2.75, 3.05) is 0 Å². The molecule has 2 heterocycles. The maximum atomic E-state index is 3.67. The topological polar surface area (TPSA) is 20.7 Å². The van der Waals surface area contributed by atoms with Gasteiger partial charge in [-0.05, 0) is 42.5 Å². The smallest absolute Gasteiger partial charge is 0.0687 e. The molecule has 0 bridgehead atoms. The summed E-state index contributed by atoms with van der Waals surface area (Å²) in [6, 6.07) is 11.4. The third-order valence-corrected chi connectivity index (χ3v) is 5.01. The van der Waals surface area contributed by atoms with Gasteiger partial charge in [-0.2, -0.15) is 0 Å². The van der Waals surface area contributed by atoms with Crippen LogP contribution in [0.3, 0.4) is 0 Å². The van der Waals surface area contributed by atoms with Gasteiger partial charge in [0.05, 0.1) is 17.4 Å². The van der Waals surface area contributed by atoms with Gasteiger partial charge in [-0.3, -0.25) is 0 Å². The van der Waals surface area contributed by atoms with Crippen molar-refractivity contribution in [1.29, 1.82) is 0 Å². The standard InChI is InChI=1S/C20H18N2/c1-2-6-15(7-3-1)22-13-12-14-10-11-17-16-8-4-5-9-18(16)21-19(17)20(14)22/h1-6,8-9,12-13,15,21H,7,10-11H2. The van der Waals surface area contributed by atoms with Gasteiger partial charge in [0.1, 0.15) is 0 Å². The number of nitrogens with one attached hydrogen (secondary N) is 1. The van der Waals surface area contributed by atoms with Crippen LogP contribution in [0.2, 0.25) is 0 Å². The van der Waals surface area contributed by atoms with Crippen LogP contribution < -0.4 is 0 Å². The van der Waals surface area contributed by atoms with Gasteiger partial charge in [-0.1, -0.05) is 42.5 Å². The van der Waals surface area contributed by atoms with Crippen molar-refractivity contribution >= 4 is 10.9 Å². The second-order valence-electron chi connectivity index (χ2n) is 6.24. The molecule has 5 rings (SSSR count). The van der Waals surface area contributed by atoms with E-state index in [4.69, 9.17) is 0 Å². The third kappa shape index (κ3) is 1.61. The van der Waals surface area contributed by atoms with Crippen molar-refractivity contribution in [1.82, 2.24) is 9.55 Å². The predicted octanol–water partition coefficient (Wildman–Crippen LogP) is 4.79. The Kier molecular flexibility index (Phi) is 2.48. The molecule has 2 nitrogen and oxygen atoms in total. The van der Waals surface area contributed by atoms with E-state index >= 15 is 0 Å². The number of allylic oxidation sites excluding steroid dienone is 4. The van der Waals surface area contributed by atoms with Crippen LogP contribution in [0.15, 0.2) is 60.8 Å². The van der Waals surface area contributed by atoms with E-state index < -0.39 is 0 Å². The fraction of sp³-hybridized carbons (Fsp3) is 0.200. The number of rotatable bonds is 1. The number of nitrogens with zero attached hydrogens (tertiary/aromatic N) is 1. The van der Waals surface area contributed by atoms with Crippen LogP contribution in [0.1, 0.15) is 23.6 Å². The minimum Gasteiger partial charge on any atom is -0.353 e. The van der Waals surface area contributed by atoms with Crippen molar-refractivity contribution in [2.45, 2.75) is 25.3 Å². The molecule has 22 heavy (non-hydrogen) atoms. The number of para-hydroxylation sites is 1. The first kappa shape index (κ1) is 12.1.